The Kier molecular flexibility index (Phi) is 13.3. The number of hydrogen-bond donors (Lipinski definition) is 2. The van der Waals surface area contributed by atoms with Crippen molar-refractivity contribution in [1.82, 2.24) is 0 Å². The fourth-order valence-electron chi connectivity index (χ4n) is 2.31. The molecule has 0 radical (unpaired) electrons. The Morgan fingerprint density at radius 3 is 1.50 bits per heavy atom. The molecule has 2 N–H and O–H groups in total. The van der Waals surface area contributed by atoms with E-state index in [2.05, 4.69) is 6.92 Å². The molecule has 18 heavy (non-hydrogen) atoms. The Bertz CT molecular complexity index is 159. The molecule has 0 amide bonds. The molecule has 0 aliphatic carbocycles. The molecule has 2 atom stereocenters. The van der Waals surface area contributed by atoms with Gasteiger partial charge in [0.15, 0.2) is 0 Å². The monoisotopic (exact) mass is 258 g/mol. The first-order valence-corrected chi connectivity index (χ1v) is 8.08. The lowest BCUT2D eigenvalue weighted by atomic mass is 10.0. The molecule has 0 rings (SSSR count). The van der Waals surface area contributed by atoms with Crippen LogP contribution in [0.4, 0.5) is 0 Å². The maximum atomic E-state index is 9.59. The minimum absolute atomic E-state index is 0.510. The zero-order valence-electron chi connectivity index (χ0n) is 12.5. The highest BCUT2D eigenvalue weighted by Gasteiger charge is 2.12. The van der Waals surface area contributed by atoms with Gasteiger partial charge in [0.1, 0.15) is 0 Å². The molecule has 0 spiro atoms. The zero-order valence-corrected chi connectivity index (χ0v) is 12.5. The van der Waals surface area contributed by atoms with Crippen LogP contribution in [0.25, 0.3) is 0 Å². The predicted molar refractivity (Wildman–Crippen MR) is 78.8 cm³/mol. The summed E-state index contributed by atoms with van der Waals surface area (Å²) in [6, 6.07) is 0. The Morgan fingerprint density at radius 2 is 1.06 bits per heavy atom. The summed E-state index contributed by atoms with van der Waals surface area (Å²) in [5.41, 5.74) is 0. The molecule has 0 aliphatic rings. The number of hydrogen-bond acceptors (Lipinski definition) is 2. The Hall–Kier alpha value is -0.0800. The van der Waals surface area contributed by atoms with Crippen LogP contribution in [0.15, 0.2) is 0 Å². The van der Waals surface area contributed by atoms with E-state index in [1.807, 2.05) is 6.92 Å². The van der Waals surface area contributed by atoms with Crippen LogP contribution in [0.5, 0.6) is 0 Å². The van der Waals surface area contributed by atoms with Crippen LogP contribution < -0.4 is 0 Å². The van der Waals surface area contributed by atoms with Crippen molar-refractivity contribution in [1.29, 1.82) is 0 Å². The maximum Gasteiger partial charge on any atom is 0.0799 e. The van der Waals surface area contributed by atoms with Gasteiger partial charge in [-0.1, -0.05) is 78.1 Å². The molecule has 0 fully saturated rings. The lowest BCUT2D eigenvalue weighted by Crippen LogP contribution is -2.24. The molecule has 2 nitrogen and oxygen atoms in total. The Labute approximate surface area is 114 Å². The van der Waals surface area contributed by atoms with Gasteiger partial charge in [-0.3, -0.25) is 0 Å². The highest BCUT2D eigenvalue weighted by atomic mass is 16.3. The highest BCUT2D eigenvalue weighted by molar-refractivity contribution is 4.65. The fourth-order valence-corrected chi connectivity index (χ4v) is 2.31. The second-order valence-corrected chi connectivity index (χ2v) is 5.51. The summed E-state index contributed by atoms with van der Waals surface area (Å²) in [6.45, 7) is 4.16. The van der Waals surface area contributed by atoms with Gasteiger partial charge in [-0.25, -0.2) is 0 Å². The molecule has 110 valence electrons. The smallest absolute Gasteiger partial charge is 0.0799 e. The van der Waals surface area contributed by atoms with E-state index in [4.69, 9.17) is 0 Å². The molecule has 0 saturated heterocycles. The summed E-state index contributed by atoms with van der Waals surface area (Å²) < 4.78 is 0. The molecule has 0 aliphatic heterocycles. The minimum Gasteiger partial charge on any atom is -0.390 e. The van der Waals surface area contributed by atoms with Crippen molar-refractivity contribution in [3.63, 3.8) is 0 Å². The first kappa shape index (κ1) is 17.9. The molecule has 0 aromatic rings. The molecule has 2 unspecified atom stereocenters. The summed E-state index contributed by atoms with van der Waals surface area (Å²) >= 11 is 0. The van der Waals surface area contributed by atoms with Crippen molar-refractivity contribution in [2.45, 2.75) is 103 Å². The number of aliphatic hydroxyl groups is 2. The number of aliphatic hydroxyl groups excluding tert-OH is 2. The summed E-state index contributed by atoms with van der Waals surface area (Å²) in [5, 5.41) is 19.0. The van der Waals surface area contributed by atoms with E-state index in [0.29, 0.717) is 6.42 Å². The first-order chi connectivity index (χ1) is 8.72. The largest absolute Gasteiger partial charge is 0.390 e. The summed E-state index contributed by atoms with van der Waals surface area (Å²) in [7, 11) is 0. The molecular formula is C16H34O2. The minimum atomic E-state index is -0.524. The third-order valence-electron chi connectivity index (χ3n) is 3.72. The summed E-state index contributed by atoms with van der Waals surface area (Å²) in [4.78, 5) is 0. The zero-order chi connectivity index (χ0) is 13.6. The molecular weight excluding hydrogens is 224 g/mol. The summed E-state index contributed by atoms with van der Waals surface area (Å²) in [6.07, 6.45) is 13.5. The van der Waals surface area contributed by atoms with E-state index in [-0.39, 0.29) is 0 Å². The quantitative estimate of drug-likeness (QED) is 0.480. The fraction of sp³-hybridized carbons (Fsp3) is 1.00. The molecule has 2 heteroatoms. The summed E-state index contributed by atoms with van der Waals surface area (Å²) in [5.74, 6) is 0. The van der Waals surface area contributed by atoms with Crippen molar-refractivity contribution in [2.24, 2.45) is 0 Å². The molecule has 0 bridgehead atoms. The highest BCUT2D eigenvalue weighted by Crippen LogP contribution is 2.13. The SMILES string of the molecule is CCCCCCCCCCCCC(O)C(O)CC. The van der Waals surface area contributed by atoms with Crippen molar-refractivity contribution in [2.75, 3.05) is 0 Å². The van der Waals surface area contributed by atoms with Crippen LogP contribution >= 0.6 is 0 Å². The molecule has 0 saturated carbocycles. The van der Waals surface area contributed by atoms with Gasteiger partial charge in [0.25, 0.3) is 0 Å². The standard InChI is InChI=1S/C16H34O2/c1-3-5-6-7-8-9-10-11-12-13-14-16(18)15(17)4-2/h15-18H,3-14H2,1-2H3. The van der Waals surface area contributed by atoms with Crippen LogP contribution in [0.1, 0.15) is 90.9 Å². The van der Waals surface area contributed by atoms with Gasteiger partial charge in [0.05, 0.1) is 12.2 Å². The van der Waals surface area contributed by atoms with Gasteiger partial charge < -0.3 is 10.2 Å². The van der Waals surface area contributed by atoms with Crippen molar-refractivity contribution >= 4 is 0 Å². The molecule has 0 heterocycles. The van der Waals surface area contributed by atoms with Crippen LogP contribution in [0.3, 0.4) is 0 Å². The van der Waals surface area contributed by atoms with Crippen LogP contribution in [-0.2, 0) is 0 Å². The van der Waals surface area contributed by atoms with E-state index < -0.39 is 12.2 Å². The van der Waals surface area contributed by atoms with E-state index in [1.165, 1.54) is 57.8 Å². The Balaban J connectivity index is 3.11. The van der Waals surface area contributed by atoms with E-state index >= 15 is 0 Å². The van der Waals surface area contributed by atoms with E-state index in [9.17, 15) is 10.2 Å². The third kappa shape index (κ3) is 11.0. The Morgan fingerprint density at radius 1 is 0.611 bits per heavy atom. The molecule has 0 aromatic carbocycles. The number of unbranched alkanes of at least 4 members (excludes halogenated alkanes) is 9. The second-order valence-electron chi connectivity index (χ2n) is 5.51. The van der Waals surface area contributed by atoms with Gasteiger partial charge in [-0.15, -0.1) is 0 Å². The molecule has 0 aromatic heterocycles. The first-order valence-electron chi connectivity index (χ1n) is 8.08. The predicted octanol–water partition coefficient (Wildman–Crippen LogP) is 4.43. The van der Waals surface area contributed by atoms with Crippen LogP contribution in [0, 0.1) is 0 Å². The topological polar surface area (TPSA) is 40.5 Å². The lowest BCUT2D eigenvalue weighted by Gasteiger charge is -2.15. The van der Waals surface area contributed by atoms with Gasteiger partial charge in [0, 0.05) is 0 Å². The van der Waals surface area contributed by atoms with Gasteiger partial charge in [-0.2, -0.15) is 0 Å². The average Bonchev–Trinajstić information content (AvgIpc) is 2.39. The lowest BCUT2D eigenvalue weighted by molar-refractivity contribution is 0.0114. The van der Waals surface area contributed by atoms with Crippen LogP contribution in [-0.4, -0.2) is 22.4 Å². The third-order valence-corrected chi connectivity index (χ3v) is 3.72. The van der Waals surface area contributed by atoms with E-state index in [0.717, 1.165) is 12.8 Å². The van der Waals surface area contributed by atoms with Crippen molar-refractivity contribution < 1.29 is 10.2 Å². The number of rotatable bonds is 13. The van der Waals surface area contributed by atoms with Gasteiger partial charge in [-0.05, 0) is 12.8 Å². The normalized spacial score (nSPS) is 14.7. The van der Waals surface area contributed by atoms with Crippen LogP contribution in [0.2, 0.25) is 0 Å². The van der Waals surface area contributed by atoms with Gasteiger partial charge >= 0.3 is 0 Å². The average molecular weight is 258 g/mol. The van der Waals surface area contributed by atoms with Gasteiger partial charge in [0.2, 0.25) is 0 Å². The van der Waals surface area contributed by atoms with Crippen molar-refractivity contribution in [3.05, 3.63) is 0 Å². The second kappa shape index (κ2) is 13.4. The van der Waals surface area contributed by atoms with E-state index in [1.54, 1.807) is 0 Å². The maximum absolute atomic E-state index is 9.59. The van der Waals surface area contributed by atoms with Crippen molar-refractivity contribution in [3.8, 4) is 0 Å².